The van der Waals surface area contributed by atoms with Crippen LogP contribution >= 0.6 is 11.3 Å². The maximum Gasteiger partial charge on any atom is 0.275 e. The average molecular weight is 356 g/mol. The van der Waals surface area contributed by atoms with Crippen LogP contribution in [-0.4, -0.2) is 17.5 Å². The fraction of sp³-hybridized carbons (Fsp3) is 0.158. The molecule has 0 unspecified atom stereocenters. The number of ether oxygens (including phenoxy) is 1. The molecule has 0 aliphatic heterocycles. The van der Waals surface area contributed by atoms with Crippen molar-refractivity contribution in [2.75, 3.05) is 11.9 Å². The molecule has 6 heteroatoms. The Morgan fingerprint density at radius 2 is 2.00 bits per heavy atom. The number of benzene rings is 2. The smallest absolute Gasteiger partial charge is 0.275 e. The number of nitrogens with zero attached hydrogens (tertiary/aromatic N) is 1. The summed E-state index contributed by atoms with van der Waals surface area (Å²) >= 11 is 1.22. The van der Waals surface area contributed by atoms with Gasteiger partial charge in [-0.25, -0.2) is 9.37 Å². The number of halogens is 1. The molecule has 0 radical (unpaired) electrons. The molecule has 2 aromatic carbocycles. The third-order valence-electron chi connectivity index (χ3n) is 3.53. The lowest BCUT2D eigenvalue weighted by Gasteiger charge is -2.05. The molecule has 0 saturated heterocycles. The summed E-state index contributed by atoms with van der Waals surface area (Å²) < 4.78 is 19.5. The number of amides is 1. The highest BCUT2D eigenvalue weighted by Gasteiger charge is 2.15. The second-order valence-corrected chi connectivity index (χ2v) is 6.29. The lowest BCUT2D eigenvalue weighted by molar-refractivity contribution is 0.102. The van der Waals surface area contributed by atoms with Crippen molar-refractivity contribution < 1.29 is 13.9 Å². The largest absolute Gasteiger partial charge is 0.494 e. The molecule has 0 bridgehead atoms. The Bertz CT molecular complexity index is 891. The van der Waals surface area contributed by atoms with Gasteiger partial charge in [0.15, 0.2) is 0 Å². The zero-order valence-corrected chi connectivity index (χ0v) is 14.7. The molecule has 0 saturated carbocycles. The quantitative estimate of drug-likeness (QED) is 0.707. The van der Waals surface area contributed by atoms with Crippen LogP contribution < -0.4 is 10.1 Å². The zero-order valence-electron chi connectivity index (χ0n) is 13.9. The van der Waals surface area contributed by atoms with Crippen molar-refractivity contribution in [3.63, 3.8) is 0 Å². The van der Waals surface area contributed by atoms with E-state index in [9.17, 15) is 9.18 Å². The first-order valence-electron chi connectivity index (χ1n) is 7.83. The molecule has 0 aliphatic rings. The minimum Gasteiger partial charge on any atom is -0.494 e. The molecule has 128 valence electrons. The topological polar surface area (TPSA) is 51.2 Å². The minimum absolute atomic E-state index is 0.258. The maximum atomic E-state index is 14.2. The van der Waals surface area contributed by atoms with Gasteiger partial charge in [0, 0.05) is 22.7 Å². The molecular formula is C19H17FN2O2S. The van der Waals surface area contributed by atoms with Gasteiger partial charge < -0.3 is 10.1 Å². The molecule has 1 aromatic heterocycles. The van der Waals surface area contributed by atoms with Gasteiger partial charge in [-0.3, -0.25) is 4.79 Å². The first kappa shape index (κ1) is 17.1. The standard InChI is InChI=1S/C19H17FN2O2S/c1-3-24-14-8-9-15(16(20)10-14)19-22-17(11-25-19)18(23)21-13-6-4-12(2)5-7-13/h4-11H,3H2,1-2H3,(H,21,23). The normalized spacial score (nSPS) is 10.5. The molecular weight excluding hydrogens is 339 g/mol. The molecule has 0 aliphatic carbocycles. The predicted molar refractivity (Wildman–Crippen MR) is 97.8 cm³/mol. The Balaban J connectivity index is 1.77. The second-order valence-electron chi connectivity index (χ2n) is 5.43. The molecule has 25 heavy (non-hydrogen) atoms. The summed E-state index contributed by atoms with van der Waals surface area (Å²) in [6.45, 7) is 4.29. The SMILES string of the molecule is CCOc1ccc(-c2nc(C(=O)Nc3ccc(C)cc3)cs2)c(F)c1. The fourth-order valence-electron chi connectivity index (χ4n) is 2.26. The van der Waals surface area contributed by atoms with Crippen molar-refractivity contribution in [2.24, 2.45) is 0 Å². The van der Waals surface area contributed by atoms with Crippen molar-refractivity contribution in [1.82, 2.24) is 4.98 Å². The minimum atomic E-state index is -0.425. The summed E-state index contributed by atoms with van der Waals surface area (Å²) in [5.74, 6) is -0.277. The number of aromatic nitrogens is 1. The van der Waals surface area contributed by atoms with E-state index >= 15 is 0 Å². The van der Waals surface area contributed by atoms with Crippen LogP contribution in [0.3, 0.4) is 0 Å². The third-order valence-corrected chi connectivity index (χ3v) is 4.40. The Morgan fingerprint density at radius 3 is 2.68 bits per heavy atom. The zero-order chi connectivity index (χ0) is 17.8. The van der Waals surface area contributed by atoms with E-state index in [-0.39, 0.29) is 11.6 Å². The number of aryl methyl sites for hydroxylation is 1. The van der Waals surface area contributed by atoms with Crippen molar-refractivity contribution in [3.05, 3.63) is 64.9 Å². The van der Waals surface area contributed by atoms with Gasteiger partial charge in [0.2, 0.25) is 0 Å². The Kier molecular flexibility index (Phi) is 5.09. The number of thiazole rings is 1. The summed E-state index contributed by atoms with van der Waals surface area (Å²) in [6.07, 6.45) is 0. The van der Waals surface area contributed by atoms with Gasteiger partial charge in [0.1, 0.15) is 22.3 Å². The fourth-order valence-corrected chi connectivity index (χ4v) is 3.09. The average Bonchev–Trinajstić information content (AvgIpc) is 3.07. The lowest BCUT2D eigenvalue weighted by atomic mass is 10.2. The van der Waals surface area contributed by atoms with Gasteiger partial charge in [-0.1, -0.05) is 17.7 Å². The molecule has 4 nitrogen and oxygen atoms in total. The van der Waals surface area contributed by atoms with Crippen LogP contribution in [0.1, 0.15) is 23.0 Å². The predicted octanol–water partition coefficient (Wildman–Crippen LogP) is 4.91. The number of nitrogens with one attached hydrogen (secondary N) is 1. The third kappa shape index (κ3) is 4.03. The van der Waals surface area contributed by atoms with Gasteiger partial charge in [0.25, 0.3) is 5.91 Å². The summed E-state index contributed by atoms with van der Waals surface area (Å²) in [5.41, 5.74) is 2.41. The van der Waals surface area contributed by atoms with Crippen LogP contribution in [0.25, 0.3) is 10.6 Å². The highest BCUT2D eigenvalue weighted by Crippen LogP contribution is 2.29. The first-order valence-corrected chi connectivity index (χ1v) is 8.71. The Morgan fingerprint density at radius 1 is 1.24 bits per heavy atom. The van der Waals surface area contributed by atoms with Crippen LogP contribution in [0.4, 0.5) is 10.1 Å². The van der Waals surface area contributed by atoms with Gasteiger partial charge >= 0.3 is 0 Å². The van der Waals surface area contributed by atoms with Crippen molar-refractivity contribution >= 4 is 22.9 Å². The van der Waals surface area contributed by atoms with Crippen molar-refractivity contribution in [2.45, 2.75) is 13.8 Å². The van der Waals surface area contributed by atoms with E-state index in [1.807, 2.05) is 38.1 Å². The highest BCUT2D eigenvalue weighted by atomic mass is 32.1. The summed E-state index contributed by atoms with van der Waals surface area (Å²) in [5, 5.41) is 4.86. The van der Waals surface area contributed by atoms with E-state index in [4.69, 9.17) is 4.74 Å². The van der Waals surface area contributed by atoms with Crippen LogP contribution in [0, 0.1) is 12.7 Å². The van der Waals surface area contributed by atoms with Gasteiger partial charge in [-0.15, -0.1) is 11.3 Å². The van der Waals surface area contributed by atoms with E-state index < -0.39 is 5.82 Å². The van der Waals surface area contributed by atoms with Gasteiger partial charge in [0.05, 0.1) is 6.61 Å². The van der Waals surface area contributed by atoms with Crippen LogP contribution in [0.15, 0.2) is 47.8 Å². The maximum absolute atomic E-state index is 14.2. The van der Waals surface area contributed by atoms with Gasteiger partial charge in [-0.2, -0.15) is 0 Å². The molecule has 0 atom stereocenters. The molecule has 3 aromatic rings. The monoisotopic (exact) mass is 356 g/mol. The van der Waals surface area contributed by atoms with Crippen LogP contribution in [0.2, 0.25) is 0 Å². The number of anilines is 1. The lowest BCUT2D eigenvalue weighted by Crippen LogP contribution is -2.12. The number of carbonyl (C=O) groups is 1. The van der Waals surface area contributed by atoms with E-state index in [1.54, 1.807) is 17.5 Å². The van der Waals surface area contributed by atoms with E-state index in [0.29, 0.717) is 28.6 Å². The number of hydrogen-bond acceptors (Lipinski definition) is 4. The number of rotatable bonds is 5. The summed E-state index contributed by atoms with van der Waals surface area (Å²) in [7, 11) is 0. The highest BCUT2D eigenvalue weighted by molar-refractivity contribution is 7.13. The van der Waals surface area contributed by atoms with Crippen LogP contribution in [0.5, 0.6) is 5.75 Å². The number of hydrogen-bond donors (Lipinski definition) is 1. The van der Waals surface area contributed by atoms with E-state index in [2.05, 4.69) is 10.3 Å². The van der Waals surface area contributed by atoms with Crippen molar-refractivity contribution in [3.8, 4) is 16.3 Å². The van der Waals surface area contributed by atoms with E-state index in [0.717, 1.165) is 5.56 Å². The molecule has 0 spiro atoms. The first-order chi connectivity index (χ1) is 12.1. The van der Waals surface area contributed by atoms with Crippen LogP contribution in [-0.2, 0) is 0 Å². The molecule has 1 amide bonds. The molecule has 1 N–H and O–H groups in total. The van der Waals surface area contributed by atoms with Gasteiger partial charge in [-0.05, 0) is 38.1 Å². The molecule has 0 fully saturated rings. The second kappa shape index (κ2) is 7.44. The Hall–Kier alpha value is -2.73. The summed E-state index contributed by atoms with van der Waals surface area (Å²) in [6, 6.07) is 12.1. The molecule has 3 rings (SSSR count). The number of carbonyl (C=O) groups excluding carboxylic acids is 1. The van der Waals surface area contributed by atoms with E-state index in [1.165, 1.54) is 17.4 Å². The summed E-state index contributed by atoms with van der Waals surface area (Å²) in [4.78, 5) is 16.5. The van der Waals surface area contributed by atoms with Crippen molar-refractivity contribution in [1.29, 1.82) is 0 Å². The molecule has 1 heterocycles. The Labute approximate surface area is 149 Å².